The number of aromatic amines is 1. The lowest BCUT2D eigenvalue weighted by molar-refractivity contribution is -0.141. The van der Waals surface area contributed by atoms with E-state index in [-0.39, 0.29) is 11.5 Å². The van der Waals surface area contributed by atoms with Crippen molar-refractivity contribution in [2.75, 3.05) is 20.8 Å². The highest BCUT2D eigenvalue weighted by Crippen LogP contribution is 2.42. The van der Waals surface area contributed by atoms with Crippen molar-refractivity contribution < 1.29 is 14.3 Å². The van der Waals surface area contributed by atoms with Crippen molar-refractivity contribution in [1.82, 2.24) is 9.88 Å². The fourth-order valence-corrected chi connectivity index (χ4v) is 4.48. The highest BCUT2D eigenvalue weighted by molar-refractivity contribution is 5.84. The Kier molecular flexibility index (Phi) is 5.49. The summed E-state index contributed by atoms with van der Waals surface area (Å²) in [6, 6.07) is 11.2. The van der Waals surface area contributed by atoms with Crippen molar-refractivity contribution in [2.24, 2.45) is 5.41 Å². The van der Waals surface area contributed by atoms with Gasteiger partial charge in [0.05, 0.1) is 20.3 Å². The molecule has 168 valence electrons. The predicted octanol–water partition coefficient (Wildman–Crippen LogP) is 4.37. The van der Waals surface area contributed by atoms with Gasteiger partial charge in [-0.15, -0.1) is 0 Å². The molecule has 0 bridgehead atoms. The van der Waals surface area contributed by atoms with E-state index >= 15 is 0 Å². The van der Waals surface area contributed by atoms with E-state index < -0.39 is 11.5 Å². The molecule has 0 radical (unpaired) electrons. The van der Waals surface area contributed by atoms with Crippen LogP contribution in [-0.2, 0) is 11.2 Å². The summed E-state index contributed by atoms with van der Waals surface area (Å²) >= 11 is 0. The number of aromatic nitrogens is 1. The maximum Gasteiger partial charge on any atom is 0.254 e. The average molecular weight is 435 g/mol. The van der Waals surface area contributed by atoms with Crippen molar-refractivity contribution in [3.05, 3.63) is 69.0 Å². The van der Waals surface area contributed by atoms with Gasteiger partial charge in [-0.2, -0.15) is 0 Å². The lowest BCUT2D eigenvalue weighted by Gasteiger charge is -2.40. The van der Waals surface area contributed by atoms with Crippen LogP contribution in [-0.4, -0.2) is 36.6 Å². The van der Waals surface area contributed by atoms with E-state index in [2.05, 4.69) is 4.98 Å². The van der Waals surface area contributed by atoms with Gasteiger partial charge in [0.25, 0.3) is 5.56 Å². The highest BCUT2D eigenvalue weighted by atomic mass is 16.5. The first-order valence-electron chi connectivity index (χ1n) is 10.8. The van der Waals surface area contributed by atoms with Gasteiger partial charge < -0.3 is 19.4 Å². The molecular weight excluding hydrogens is 404 g/mol. The maximum atomic E-state index is 13.5. The molecule has 1 atom stereocenters. The van der Waals surface area contributed by atoms with Crippen LogP contribution in [0.15, 0.2) is 41.2 Å². The van der Waals surface area contributed by atoms with Gasteiger partial charge in [-0.25, -0.2) is 0 Å². The van der Waals surface area contributed by atoms with Crippen LogP contribution in [0.4, 0.5) is 0 Å². The Morgan fingerprint density at radius 3 is 2.38 bits per heavy atom. The fraction of sp³-hybridized carbons (Fsp3) is 0.385. The molecule has 3 aromatic rings. The first-order valence-corrected chi connectivity index (χ1v) is 10.8. The standard InChI is InChI=1S/C26H30N2O4/c1-15-7-8-20-17(11-15)12-19(24(29)27-20)23-18-14-22(32-6)21(31-5)13-16(18)9-10-28(23)25(30)26(2,3)4/h7-8,11-14,23H,9-10H2,1-6H3,(H,27,29). The van der Waals surface area contributed by atoms with Crippen LogP contribution in [0, 0.1) is 12.3 Å². The largest absolute Gasteiger partial charge is 0.493 e. The quantitative estimate of drug-likeness (QED) is 0.664. The Bertz CT molecular complexity index is 1250. The summed E-state index contributed by atoms with van der Waals surface area (Å²) in [5.41, 5.74) is 3.61. The second-order valence-corrected chi connectivity index (χ2v) is 9.45. The minimum Gasteiger partial charge on any atom is -0.493 e. The third-order valence-electron chi connectivity index (χ3n) is 6.10. The average Bonchev–Trinajstić information content (AvgIpc) is 2.76. The molecule has 4 rings (SSSR count). The van der Waals surface area contributed by atoms with Crippen LogP contribution >= 0.6 is 0 Å². The van der Waals surface area contributed by atoms with E-state index in [1.807, 2.05) is 69.0 Å². The van der Waals surface area contributed by atoms with E-state index in [0.29, 0.717) is 30.0 Å². The van der Waals surface area contributed by atoms with Crippen molar-refractivity contribution in [2.45, 2.75) is 40.2 Å². The zero-order valence-electron chi connectivity index (χ0n) is 19.5. The molecule has 1 unspecified atom stereocenters. The van der Waals surface area contributed by atoms with Gasteiger partial charge in [0.1, 0.15) is 0 Å². The second kappa shape index (κ2) is 8.01. The normalized spacial score (nSPS) is 16.1. The smallest absolute Gasteiger partial charge is 0.254 e. The van der Waals surface area contributed by atoms with Crippen LogP contribution in [0.5, 0.6) is 11.5 Å². The van der Waals surface area contributed by atoms with Gasteiger partial charge in [-0.3, -0.25) is 9.59 Å². The summed E-state index contributed by atoms with van der Waals surface area (Å²) in [5, 5.41) is 0.940. The third-order valence-corrected chi connectivity index (χ3v) is 6.10. The molecule has 0 spiro atoms. The number of ether oxygens (including phenoxy) is 2. The highest BCUT2D eigenvalue weighted by Gasteiger charge is 2.38. The van der Waals surface area contributed by atoms with Gasteiger partial charge in [-0.1, -0.05) is 32.4 Å². The number of rotatable bonds is 3. The van der Waals surface area contributed by atoms with E-state index in [1.165, 1.54) is 0 Å². The van der Waals surface area contributed by atoms with Gasteiger partial charge in [0, 0.05) is 23.0 Å². The zero-order valence-corrected chi connectivity index (χ0v) is 19.5. The lowest BCUT2D eigenvalue weighted by atomic mass is 9.85. The SMILES string of the molecule is COc1cc2c(cc1OC)C(c1cc3cc(C)ccc3[nH]c1=O)N(C(=O)C(C)(C)C)CC2. The van der Waals surface area contributed by atoms with Crippen molar-refractivity contribution in [3.63, 3.8) is 0 Å². The molecule has 1 aromatic heterocycles. The Morgan fingerprint density at radius 1 is 1.03 bits per heavy atom. The third kappa shape index (κ3) is 3.74. The Balaban J connectivity index is 1.99. The number of hydrogen-bond acceptors (Lipinski definition) is 4. The molecule has 0 aliphatic carbocycles. The second-order valence-electron chi connectivity index (χ2n) is 9.45. The fourth-order valence-electron chi connectivity index (χ4n) is 4.48. The summed E-state index contributed by atoms with van der Waals surface area (Å²) in [4.78, 5) is 31.6. The Morgan fingerprint density at radius 2 is 1.72 bits per heavy atom. The van der Waals surface area contributed by atoms with E-state index in [0.717, 1.165) is 27.6 Å². The molecule has 1 aliphatic rings. The number of nitrogens with one attached hydrogen (secondary N) is 1. The molecule has 1 amide bonds. The Hall–Kier alpha value is -3.28. The van der Waals surface area contributed by atoms with E-state index in [9.17, 15) is 9.59 Å². The number of aryl methyl sites for hydroxylation is 1. The number of carbonyl (C=O) groups excluding carboxylic acids is 1. The molecule has 6 nitrogen and oxygen atoms in total. The summed E-state index contributed by atoms with van der Waals surface area (Å²) in [6.45, 7) is 8.26. The van der Waals surface area contributed by atoms with E-state index in [4.69, 9.17) is 9.47 Å². The van der Waals surface area contributed by atoms with Gasteiger partial charge in [-0.05, 0) is 60.2 Å². The number of benzene rings is 2. The minimum atomic E-state index is -0.577. The van der Waals surface area contributed by atoms with Gasteiger partial charge in [0.15, 0.2) is 11.5 Å². The first-order chi connectivity index (χ1) is 15.1. The molecule has 0 saturated heterocycles. The summed E-state index contributed by atoms with van der Waals surface area (Å²) < 4.78 is 11.0. The number of hydrogen-bond donors (Lipinski definition) is 1. The molecule has 2 aromatic carbocycles. The molecule has 1 N–H and O–H groups in total. The first kappa shape index (κ1) is 21.9. The number of carbonyl (C=O) groups is 1. The van der Waals surface area contributed by atoms with Crippen LogP contribution in [0.1, 0.15) is 49.1 Å². The number of H-pyrrole nitrogens is 1. The topological polar surface area (TPSA) is 71.6 Å². The van der Waals surface area contributed by atoms with Crippen LogP contribution in [0.3, 0.4) is 0 Å². The van der Waals surface area contributed by atoms with Crippen LogP contribution in [0.2, 0.25) is 0 Å². The monoisotopic (exact) mass is 434 g/mol. The number of amides is 1. The molecular formula is C26H30N2O4. The number of pyridine rings is 1. The summed E-state index contributed by atoms with van der Waals surface area (Å²) in [6.07, 6.45) is 0.679. The lowest BCUT2D eigenvalue weighted by Crippen LogP contribution is -2.47. The Labute approximate surface area is 188 Å². The molecule has 2 heterocycles. The van der Waals surface area contributed by atoms with Crippen LogP contribution < -0.4 is 15.0 Å². The molecule has 1 aliphatic heterocycles. The predicted molar refractivity (Wildman–Crippen MR) is 126 cm³/mol. The number of methoxy groups -OCH3 is 2. The summed E-state index contributed by atoms with van der Waals surface area (Å²) in [7, 11) is 3.20. The van der Waals surface area contributed by atoms with Gasteiger partial charge in [0.2, 0.25) is 5.91 Å². The number of nitrogens with zero attached hydrogens (tertiary/aromatic N) is 1. The molecule has 32 heavy (non-hydrogen) atoms. The summed E-state index contributed by atoms with van der Waals surface area (Å²) in [5.74, 6) is 1.23. The minimum absolute atomic E-state index is 0.00618. The zero-order chi connectivity index (χ0) is 23.2. The van der Waals surface area contributed by atoms with Crippen LogP contribution in [0.25, 0.3) is 10.9 Å². The molecule has 0 fully saturated rings. The van der Waals surface area contributed by atoms with Crippen molar-refractivity contribution >= 4 is 16.8 Å². The maximum absolute atomic E-state index is 13.5. The van der Waals surface area contributed by atoms with Crippen molar-refractivity contribution in [1.29, 1.82) is 0 Å². The van der Waals surface area contributed by atoms with Gasteiger partial charge >= 0.3 is 0 Å². The molecule has 0 saturated carbocycles. The van der Waals surface area contributed by atoms with Crippen molar-refractivity contribution in [3.8, 4) is 11.5 Å². The molecule has 6 heteroatoms. The van der Waals surface area contributed by atoms with E-state index in [1.54, 1.807) is 14.2 Å². The number of fused-ring (bicyclic) bond motifs is 2.